The average Bonchev–Trinajstić information content (AvgIpc) is 3.61. The zero-order valence-corrected chi connectivity index (χ0v) is 23.9. The van der Waals surface area contributed by atoms with Crippen LogP contribution in [0.25, 0.3) is 16.1 Å². The fourth-order valence-electron chi connectivity index (χ4n) is 5.04. The number of benzene rings is 2. The zero-order chi connectivity index (χ0) is 28.8. The number of nitrogens with zero attached hydrogens (tertiary/aromatic N) is 6. The number of thiophene rings is 1. The van der Waals surface area contributed by atoms with E-state index >= 15 is 0 Å². The summed E-state index contributed by atoms with van der Waals surface area (Å²) in [5.74, 6) is 0.630. The molecule has 6 rings (SSSR count). The third kappa shape index (κ3) is 4.84. The highest BCUT2D eigenvalue weighted by Crippen LogP contribution is 2.39. The van der Waals surface area contributed by atoms with Crippen LogP contribution in [0, 0.1) is 20.8 Å². The van der Waals surface area contributed by atoms with Crippen molar-refractivity contribution in [1.82, 2.24) is 24.5 Å². The van der Waals surface area contributed by atoms with E-state index in [0.29, 0.717) is 17.2 Å². The predicted molar refractivity (Wildman–Crippen MR) is 159 cm³/mol. The lowest BCUT2D eigenvalue weighted by atomic mass is 9.97. The van der Waals surface area contributed by atoms with Gasteiger partial charge in [-0.3, -0.25) is 23.8 Å². The Bertz CT molecular complexity index is 1840. The van der Waals surface area contributed by atoms with E-state index < -0.39 is 11.9 Å². The van der Waals surface area contributed by atoms with Crippen LogP contribution in [0.4, 0.5) is 5.69 Å². The third-order valence-corrected chi connectivity index (χ3v) is 8.38. The van der Waals surface area contributed by atoms with E-state index in [9.17, 15) is 9.59 Å². The van der Waals surface area contributed by atoms with Gasteiger partial charge in [0.05, 0.1) is 12.1 Å². The summed E-state index contributed by atoms with van der Waals surface area (Å²) >= 11 is 1.66. The number of nitrogens with one attached hydrogen (secondary N) is 1. The zero-order valence-electron chi connectivity index (χ0n) is 23.0. The second-order valence-corrected chi connectivity index (χ2v) is 11.3. The van der Waals surface area contributed by atoms with Crippen LogP contribution >= 0.6 is 11.3 Å². The highest BCUT2D eigenvalue weighted by Gasteiger charge is 2.32. The molecule has 0 aliphatic carbocycles. The van der Waals surface area contributed by atoms with Crippen LogP contribution in [0.5, 0.6) is 0 Å². The summed E-state index contributed by atoms with van der Waals surface area (Å²) in [4.78, 5) is 30.9. The van der Waals surface area contributed by atoms with Crippen LogP contribution in [0.15, 0.2) is 65.8 Å². The minimum Gasteiger partial charge on any atom is -0.370 e. The highest BCUT2D eigenvalue weighted by atomic mass is 32.1. The van der Waals surface area contributed by atoms with E-state index in [2.05, 4.69) is 34.5 Å². The maximum Gasteiger partial charge on any atom is 0.276 e. The Kier molecular flexibility index (Phi) is 6.58. The van der Waals surface area contributed by atoms with Gasteiger partial charge >= 0.3 is 0 Å². The normalized spacial score (nSPS) is 14.1. The molecule has 0 saturated carbocycles. The van der Waals surface area contributed by atoms with Crippen LogP contribution in [0.1, 0.15) is 56.2 Å². The Hall–Kier alpha value is -4.90. The van der Waals surface area contributed by atoms with Gasteiger partial charge in [0, 0.05) is 34.9 Å². The topological polar surface area (TPSA) is 133 Å². The molecule has 4 heterocycles. The predicted octanol–water partition coefficient (Wildman–Crippen LogP) is 4.67. The highest BCUT2D eigenvalue weighted by molar-refractivity contribution is 7.15. The Balaban J connectivity index is 1.36. The first-order valence-electron chi connectivity index (χ1n) is 13.1. The first kappa shape index (κ1) is 26.3. The van der Waals surface area contributed by atoms with Gasteiger partial charge in [0.2, 0.25) is 5.91 Å². The van der Waals surface area contributed by atoms with Crippen LogP contribution in [0.2, 0.25) is 0 Å². The molecule has 10 nitrogen and oxygen atoms in total. The summed E-state index contributed by atoms with van der Waals surface area (Å²) in [6.45, 7) is 6.08. The van der Waals surface area contributed by atoms with Gasteiger partial charge in [0.15, 0.2) is 11.5 Å². The minimum absolute atomic E-state index is 0.0314. The summed E-state index contributed by atoms with van der Waals surface area (Å²) in [5, 5.41) is 16.8. The maximum atomic E-state index is 12.6. The number of anilines is 1. The van der Waals surface area contributed by atoms with Crippen LogP contribution in [0.3, 0.4) is 0 Å². The third-order valence-electron chi connectivity index (χ3n) is 7.19. The van der Waals surface area contributed by atoms with Crippen molar-refractivity contribution in [3.8, 4) is 16.1 Å². The number of amides is 2. The lowest BCUT2D eigenvalue weighted by Gasteiger charge is -2.12. The number of aliphatic imine (C=N–C) groups is 1. The standard InChI is InChI=1S/C30H28N8O2S/c1-16-17(2)41-30-26(16)27(33-24(15-25(31)39)28-35-34-18(3)38(28)30)20-10-8-19(9-11-20)21-6-5-7-22(14-21)32-29(40)23-12-13-37(4)36-23/h5-14,24H,15H2,1-4H3,(H2,31,39)(H,32,40)/t24-/m0/s1. The number of primary amides is 1. The van der Waals surface area contributed by atoms with Crippen LogP contribution in [-0.4, -0.2) is 42.1 Å². The number of hydrogen-bond donors (Lipinski definition) is 2. The quantitative estimate of drug-likeness (QED) is 0.309. The van der Waals surface area contributed by atoms with Crippen LogP contribution < -0.4 is 11.1 Å². The van der Waals surface area contributed by atoms with Crippen molar-refractivity contribution in [1.29, 1.82) is 0 Å². The largest absolute Gasteiger partial charge is 0.370 e. The summed E-state index contributed by atoms with van der Waals surface area (Å²) in [6.07, 6.45) is 1.76. The van der Waals surface area contributed by atoms with Gasteiger partial charge in [0.25, 0.3) is 5.91 Å². The lowest BCUT2D eigenvalue weighted by molar-refractivity contribution is -0.118. The molecule has 0 fully saturated rings. The molecule has 3 aromatic heterocycles. The van der Waals surface area contributed by atoms with Crippen molar-refractivity contribution in [2.24, 2.45) is 17.8 Å². The number of rotatable bonds is 6. The number of carbonyl (C=O) groups excluding carboxylic acids is 2. The van der Waals surface area contributed by atoms with Gasteiger partial charge < -0.3 is 11.1 Å². The second-order valence-electron chi connectivity index (χ2n) is 10.1. The molecule has 11 heteroatoms. The van der Waals surface area contributed by atoms with Crippen molar-refractivity contribution >= 4 is 34.6 Å². The van der Waals surface area contributed by atoms with Crippen molar-refractivity contribution in [2.75, 3.05) is 5.32 Å². The molecule has 1 atom stereocenters. The van der Waals surface area contributed by atoms with Gasteiger partial charge in [-0.1, -0.05) is 36.4 Å². The number of hydrogen-bond acceptors (Lipinski definition) is 7. The monoisotopic (exact) mass is 564 g/mol. The summed E-state index contributed by atoms with van der Waals surface area (Å²) < 4.78 is 3.60. The van der Waals surface area contributed by atoms with E-state index in [1.165, 1.54) is 4.88 Å². The van der Waals surface area contributed by atoms with Crippen LogP contribution in [-0.2, 0) is 11.8 Å². The first-order valence-corrected chi connectivity index (χ1v) is 13.9. The Morgan fingerprint density at radius 1 is 1.00 bits per heavy atom. The van der Waals surface area contributed by atoms with Gasteiger partial charge in [-0.15, -0.1) is 21.5 Å². The summed E-state index contributed by atoms with van der Waals surface area (Å²) in [5.41, 5.74) is 12.4. The Morgan fingerprint density at radius 3 is 2.46 bits per heavy atom. The molecule has 0 saturated heterocycles. The van der Waals surface area contributed by atoms with Crippen molar-refractivity contribution < 1.29 is 9.59 Å². The molecule has 1 aliphatic heterocycles. The molecule has 5 aromatic rings. The number of carbonyl (C=O) groups is 2. The minimum atomic E-state index is -0.554. The van der Waals surface area contributed by atoms with Gasteiger partial charge in [-0.25, -0.2) is 0 Å². The fraction of sp³-hybridized carbons (Fsp3) is 0.200. The number of aromatic nitrogens is 5. The molecule has 2 aromatic carbocycles. The number of aryl methyl sites for hydroxylation is 3. The lowest BCUT2D eigenvalue weighted by Crippen LogP contribution is -2.17. The number of nitrogens with two attached hydrogens (primary N) is 1. The first-order chi connectivity index (χ1) is 19.7. The average molecular weight is 565 g/mol. The van der Waals surface area contributed by atoms with E-state index in [4.69, 9.17) is 10.7 Å². The molecule has 0 bridgehead atoms. The molecule has 41 heavy (non-hydrogen) atoms. The van der Waals surface area contributed by atoms with Crippen molar-refractivity contribution in [3.05, 3.63) is 99.7 Å². The molecule has 0 radical (unpaired) electrons. The molecule has 206 valence electrons. The maximum absolute atomic E-state index is 12.6. The van der Waals surface area contributed by atoms with Gasteiger partial charge in [0.1, 0.15) is 16.9 Å². The van der Waals surface area contributed by atoms with Crippen molar-refractivity contribution in [2.45, 2.75) is 33.2 Å². The van der Waals surface area contributed by atoms with E-state index in [-0.39, 0.29) is 12.3 Å². The van der Waals surface area contributed by atoms with E-state index in [1.807, 2.05) is 60.0 Å². The van der Waals surface area contributed by atoms with E-state index in [0.717, 1.165) is 44.4 Å². The second kappa shape index (κ2) is 10.3. The number of fused-ring (bicyclic) bond motifs is 3. The molecule has 0 spiro atoms. The van der Waals surface area contributed by atoms with E-state index in [1.54, 1.807) is 35.3 Å². The van der Waals surface area contributed by atoms with Crippen molar-refractivity contribution in [3.63, 3.8) is 0 Å². The SMILES string of the molecule is Cc1sc2c(c1C)C(c1ccc(-c3cccc(NC(=O)c4ccn(C)n4)c3)cc1)=N[C@@H](CC(N)=O)c1nnc(C)n1-2. The summed E-state index contributed by atoms with van der Waals surface area (Å²) in [7, 11) is 1.77. The molecule has 3 N–H and O–H groups in total. The van der Waals surface area contributed by atoms with Gasteiger partial charge in [-0.2, -0.15) is 5.10 Å². The smallest absolute Gasteiger partial charge is 0.276 e. The molecular weight excluding hydrogens is 536 g/mol. The van der Waals surface area contributed by atoms with Gasteiger partial charge in [-0.05, 0) is 55.7 Å². The Labute approximate surface area is 240 Å². The molecular formula is C30H28N8O2S. The molecule has 1 aliphatic rings. The fourth-order valence-corrected chi connectivity index (χ4v) is 6.26. The Morgan fingerprint density at radius 2 is 1.76 bits per heavy atom. The molecule has 2 amide bonds. The molecule has 0 unspecified atom stereocenters. The summed E-state index contributed by atoms with van der Waals surface area (Å²) in [6, 6.07) is 16.9.